The number of carbonyl (C=O) groups is 2. The molecular formula is C23H30N4O2S2. The van der Waals surface area contributed by atoms with Gasteiger partial charge in [-0.3, -0.25) is 19.7 Å². The Morgan fingerprint density at radius 1 is 0.774 bits per heavy atom. The molecule has 31 heavy (non-hydrogen) atoms. The van der Waals surface area contributed by atoms with Gasteiger partial charge in [0.1, 0.15) is 5.54 Å². The van der Waals surface area contributed by atoms with Crippen LogP contribution in [0.5, 0.6) is 0 Å². The Hall–Kier alpha value is -2.06. The predicted molar refractivity (Wildman–Crippen MR) is 126 cm³/mol. The second kappa shape index (κ2) is 11.5. The first-order valence-corrected chi connectivity index (χ1v) is 12.7. The molecule has 3 heterocycles. The molecule has 1 aliphatic heterocycles. The van der Waals surface area contributed by atoms with Gasteiger partial charge < -0.3 is 4.90 Å². The molecule has 0 aromatic carbocycles. The summed E-state index contributed by atoms with van der Waals surface area (Å²) in [5, 5.41) is 0. The largest absolute Gasteiger partial charge is 0.327 e. The van der Waals surface area contributed by atoms with Gasteiger partial charge in [0.2, 0.25) is 0 Å². The summed E-state index contributed by atoms with van der Waals surface area (Å²) in [4.78, 5) is 39.4. The normalized spacial score (nSPS) is 15.7. The van der Waals surface area contributed by atoms with E-state index in [0.29, 0.717) is 13.1 Å². The molecule has 6 nitrogen and oxygen atoms in total. The summed E-state index contributed by atoms with van der Waals surface area (Å²) in [7, 11) is 0. The summed E-state index contributed by atoms with van der Waals surface area (Å²) >= 11 is 3.57. The van der Waals surface area contributed by atoms with Crippen molar-refractivity contribution < 1.29 is 9.59 Å². The van der Waals surface area contributed by atoms with Gasteiger partial charge in [-0.05, 0) is 75.3 Å². The van der Waals surface area contributed by atoms with Gasteiger partial charge in [0.05, 0.1) is 0 Å². The maximum atomic E-state index is 12.9. The Kier molecular flexibility index (Phi) is 8.78. The average Bonchev–Trinajstić information content (AvgIpc) is 2.94. The third-order valence-electron chi connectivity index (χ3n) is 5.29. The maximum absolute atomic E-state index is 12.9. The van der Waals surface area contributed by atoms with Crippen LogP contribution in [0.4, 0.5) is 4.79 Å². The number of unbranched alkanes of at least 4 members (excludes halogenated alkanes) is 2. The zero-order valence-corrected chi connectivity index (χ0v) is 19.8. The van der Waals surface area contributed by atoms with E-state index in [0.717, 1.165) is 37.2 Å². The van der Waals surface area contributed by atoms with Crippen LogP contribution in [0.1, 0.15) is 39.5 Å². The SMILES string of the molecule is CC1(C)C(=O)N(CCCCSc2ccncc2)C(=O)N1CCCCSc1ccncc1. The standard InChI is InChI=1S/C23H30N4O2S2/c1-23(2)21(28)26(15-3-5-17-30-19-7-11-24-12-8-19)22(29)27(23)16-4-6-18-31-20-9-13-25-14-10-20/h7-14H,3-6,15-18H2,1-2H3. The Labute approximate surface area is 193 Å². The highest BCUT2D eigenvalue weighted by Gasteiger charge is 2.50. The first-order chi connectivity index (χ1) is 15.0. The number of hydrogen-bond acceptors (Lipinski definition) is 6. The molecule has 0 aliphatic carbocycles. The number of aromatic nitrogens is 2. The van der Waals surface area contributed by atoms with E-state index in [1.165, 1.54) is 14.7 Å². The van der Waals surface area contributed by atoms with E-state index in [4.69, 9.17) is 0 Å². The smallest absolute Gasteiger partial charge is 0.310 e. The molecule has 0 saturated carbocycles. The van der Waals surface area contributed by atoms with Crippen molar-refractivity contribution in [3.63, 3.8) is 0 Å². The number of carbonyl (C=O) groups excluding carboxylic acids is 2. The summed E-state index contributed by atoms with van der Waals surface area (Å²) in [6, 6.07) is 7.86. The lowest BCUT2D eigenvalue weighted by Gasteiger charge is -2.27. The van der Waals surface area contributed by atoms with Gasteiger partial charge in [-0.15, -0.1) is 23.5 Å². The van der Waals surface area contributed by atoms with Crippen molar-refractivity contribution >= 4 is 35.5 Å². The van der Waals surface area contributed by atoms with Crippen molar-refractivity contribution in [2.45, 2.75) is 54.9 Å². The lowest BCUT2D eigenvalue weighted by atomic mass is 10.0. The molecule has 0 unspecified atom stereocenters. The van der Waals surface area contributed by atoms with Crippen LogP contribution in [0.25, 0.3) is 0 Å². The molecular weight excluding hydrogens is 428 g/mol. The van der Waals surface area contributed by atoms with Crippen LogP contribution in [0.15, 0.2) is 58.8 Å². The van der Waals surface area contributed by atoms with Crippen LogP contribution in [-0.4, -0.2) is 61.8 Å². The Balaban J connectivity index is 1.39. The van der Waals surface area contributed by atoms with Crippen molar-refractivity contribution in [2.75, 3.05) is 24.6 Å². The zero-order chi connectivity index (χ0) is 22.1. The van der Waals surface area contributed by atoms with Gasteiger partial charge in [0.25, 0.3) is 5.91 Å². The molecule has 0 bridgehead atoms. The molecule has 0 atom stereocenters. The van der Waals surface area contributed by atoms with Crippen molar-refractivity contribution in [1.82, 2.24) is 19.8 Å². The van der Waals surface area contributed by atoms with Gasteiger partial charge >= 0.3 is 6.03 Å². The van der Waals surface area contributed by atoms with Crippen LogP contribution in [0.3, 0.4) is 0 Å². The molecule has 0 N–H and O–H groups in total. The summed E-state index contributed by atoms with van der Waals surface area (Å²) in [6.45, 7) is 4.83. The maximum Gasteiger partial charge on any atom is 0.327 e. The first kappa shape index (κ1) is 23.6. The molecule has 2 aromatic rings. The zero-order valence-electron chi connectivity index (χ0n) is 18.2. The number of pyridine rings is 2. The van der Waals surface area contributed by atoms with Crippen molar-refractivity contribution in [3.05, 3.63) is 49.1 Å². The summed E-state index contributed by atoms with van der Waals surface area (Å²) in [6.07, 6.45) is 10.8. The molecule has 8 heteroatoms. The third kappa shape index (κ3) is 6.46. The highest BCUT2D eigenvalue weighted by atomic mass is 32.2. The number of amides is 3. The second-order valence-electron chi connectivity index (χ2n) is 7.93. The third-order valence-corrected chi connectivity index (χ3v) is 7.49. The second-order valence-corrected chi connectivity index (χ2v) is 10.3. The van der Waals surface area contributed by atoms with E-state index >= 15 is 0 Å². The van der Waals surface area contributed by atoms with Crippen LogP contribution in [0.2, 0.25) is 0 Å². The lowest BCUT2D eigenvalue weighted by molar-refractivity contribution is -0.131. The van der Waals surface area contributed by atoms with E-state index in [2.05, 4.69) is 9.97 Å². The Bertz CT molecular complexity index is 849. The minimum Gasteiger partial charge on any atom is -0.310 e. The molecule has 2 aromatic heterocycles. The van der Waals surface area contributed by atoms with Crippen molar-refractivity contribution in [2.24, 2.45) is 0 Å². The molecule has 1 aliphatic rings. The number of rotatable bonds is 12. The van der Waals surface area contributed by atoms with Gasteiger partial charge in [0, 0.05) is 47.7 Å². The number of urea groups is 1. The molecule has 3 rings (SSSR count). The fraction of sp³-hybridized carbons (Fsp3) is 0.478. The molecule has 3 amide bonds. The number of imide groups is 1. The highest BCUT2D eigenvalue weighted by molar-refractivity contribution is 7.99. The quantitative estimate of drug-likeness (QED) is 0.254. The van der Waals surface area contributed by atoms with Gasteiger partial charge in [-0.25, -0.2) is 4.79 Å². The van der Waals surface area contributed by atoms with Crippen LogP contribution >= 0.6 is 23.5 Å². The van der Waals surface area contributed by atoms with Crippen LogP contribution in [-0.2, 0) is 4.79 Å². The minimum absolute atomic E-state index is 0.0783. The van der Waals surface area contributed by atoms with Gasteiger partial charge in [0.15, 0.2) is 0 Å². The minimum atomic E-state index is -0.763. The average molecular weight is 459 g/mol. The number of thioether (sulfide) groups is 2. The van der Waals surface area contributed by atoms with E-state index in [-0.39, 0.29) is 11.9 Å². The van der Waals surface area contributed by atoms with Crippen molar-refractivity contribution in [3.8, 4) is 0 Å². The number of hydrogen-bond donors (Lipinski definition) is 0. The van der Waals surface area contributed by atoms with Crippen LogP contribution < -0.4 is 0 Å². The van der Waals surface area contributed by atoms with E-state index in [1.54, 1.807) is 53.2 Å². The van der Waals surface area contributed by atoms with E-state index in [9.17, 15) is 9.59 Å². The Morgan fingerprint density at radius 2 is 1.26 bits per heavy atom. The van der Waals surface area contributed by atoms with E-state index in [1.807, 2.05) is 38.1 Å². The molecule has 1 fully saturated rings. The lowest BCUT2D eigenvalue weighted by Crippen LogP contribution is -2.44. The topological polar surface area (TPSA) is 66.4 Å². The number of nitrogens with zero attached hydrogens (tertiary/aromatic N) is 4. The molecule has 1 saturated heterocycles. The summed E-state index contributed by atoms with van der Waals surface area (Å²) in [5.74, 6) is 1.87. The molecule has 0 spiro atoms. The summed E-state index contributed by atoms with van der Waals surface area (Å²) < 4.78 is 0. The van der Waals surface area contributed by atoms with Gasteiger partial charge in [-0.2, -0.15) is 0 Å². The first-order valence-electron chi connectivity index (χ1n) is 10.7. The molecule has 166 valence electrons. The summed E-state index contributed by atoms with van der Waals surface area (Å²) in [5.41, 5.74) is -0.763. The van der Waals surface area contributed by atoms with Crippen molar-refractivity contribution in [1.29, 1.82) is 0 Å². The molecule has 0 radical (unpaired) electrons. The van der Waals surface area contributed by atoms with Crippen LogP contribution in [0, 0.1) is 0 Å². The fourth-order valence-corrected chi connectivity index (χ4v) is 5.28. The monoisotopic (exact) mass is 458 g/mol. The van der Waals surface area contributed by atoms with E-state index < -0.39 is 5.54 Å². The van der Waals surface area contributed by atoms with Gasteiger partial charge in [-0.1, -0.05) is 0 Å². The highest BCUT2D eigenvalue weighted by Crippen LogP contribution is 2.29. The Morgan fingerprint density at radius 3 is 1.77 bits per heavy atom. The fourth-order valence-electron chi connectivity index (χ4n) is 3.48. The predicted octanol–water partition coefficient (Wildman–Crippen LogP) is 4.96.